The van der Waals surface area contributed by atoms with Gasteiger partial charge in [0.05, 0.1) is 31.5 Å². The summed E-state index contributed by atoms with van der Waals surface area (Å²) in [5.74, 6) is 1.00. The summed E-state index contributed by atoms with van der Waals surface area (Å²) < 4.78 is 18.0. The van der Waals surface area contributed by atoms with Gasteiger partial charge >= 0.3 is 0 Å². The highest BCUT2D eigenvalue weighted by molar-refractivity contribution is 5.80. The number of hydrogen-bond acceptors (Lipinski definition) is 5. The van der Waals surface area contributed by atoms with Gasteiger partial charge in [-0.1, -0.05) is 0 Å². The van der Waals surface area contributed by atoms with Crippen LogP contribution < -0.4 is 5.32 Å². The van der Waals surface area contributed by atoms with Crippen LogP contribution in [0.3, 0.4) is 0 Å². The van der Waals surface area contributed by atoms with Crippen LogP contribution in [0.4, 0.5) is 0 Å². The first-order valence-corrected chi connectivity index (χ1v) is 11.4. The maximum atomic E-state index is 6.14. The van der Waals surface area contributed by atoms with Gasteiger partial charge in [0.15, 0.2) is 5.96 Å². The molecule has 4 heterocycles. The third-order valence-corrected chi connectivity index (χ3v) is 6.69. The first-order valence-electron chi connectivity index (χ1n) is 11.4. The van der Waals surface area contributed by atoms with Crippen LogP contribution in [0.5, 0.6) is 0 Å². The second kappa shape index (κ2) is 10.2. The van der Waals surface area contributed by atoms with E-state index in [1.165, 1.54) is 32.2 Å². The fourth-order valence-corrected chi connectivity index (χ4v) is 4.96. The Morgan fingerprint density at radius 1 is 1.04 bits per heavy atom. The maximum absolute atomic E-state index is 6.14. The molecular weight excluding hydrogens is 356 g/mol. The summed E-state index contributed by atoms with van der Waals surface area (Å²) in [6.07, 6.45) is 9.29. The molecule has 7 heteroatoms. The number of guanidine groups is 1. The SMILES string of the molecule is CN=C(NCC1CN2CCCC2CO1)N1CCC(OCC2CCCCO2)CC1. The van der Waals surface area contributed by atoms with E-state index in [0.29, 0.717) is 18.2 Å². The summed E-state index contributed by atoms with van der Waals surface area (Å²) >= 11 is 0. The van der Waals surface area contributed by atoms with Gasteiger partial charge in [-0.2, -0.15) is 0 Å². The van der Waals surface area contributed by atoms with Crippen molar-refractivity contribution in [2.75, 3.05) is 59.6 Å². The lowest BCUT2D eigenvalue weighted by atomic mass is 10.1. The first kappa shape index (κ1) is 20.4. The molecule has 4 saturated heterocycles. The van der Waals surface area contributed by atoms with E-state index in [1.807, 2.05) is 7.05 Å². The molecule has 4 aliphatic heterocycles. The van der Waals surface area contributed by atoms with E-state index in [-0.39, 0.29) is 6.10 Å². The molecule has 0 radical (unpaired) electrons. The summed E-state index contributed by atoms with van der Waals surface area (Å²) in [4.78, 5) is 9.46. The fraction of sp³-hybridized carbons (Fsp3) is 0.952. The van der Waals surface area contributed by atoms with E-state index in [2.05, 4.69) is 20.1 Å². The normalized spacial score (nSPS) is 33.1. The van der Waals surface area contributed by atoms with E-state index in [0.717, 1.165) is 71.2 Å². The van der Waals surface area contributed by atoms with Gasteiger partial charge in [-0.3, -0.25) is 9.89 Å². The minimum Gasteiger partial charge on any atom is -0.376 e. The van der Waals surface area contributed by atoms with Crippen molar-refractivity contribution < 1.29 is 14.2 Å². The number of piperidine rings is 1. The molecule has 4 aliphatic rings. The first-order chi connectivity index (χ1) is 13.8. The number of fused-ring (bicyclic) bond motifs is 1. The van der Waals surface area contributed by atoms with Crippen LogP contribution in [0, 0.1) is 0 Å². The Morgan fingerprint density at radius 3 is 2.71 bits per heavy atom. The summed E-state index contributed by atoms with van der Waals surface area (Å²) in [5, 5.41) is 3.55. The van der Waals surface area contributed by atoms with Gasteiger partial charge in [-0.15, -0.1) is 0 Å². The number of nitrogens with one attached hydrogen (secondary N) is 1. The molecule has 0 spiro atoms. The number of nitrogens with zero attached hydrogens (tertiary/aromatic N) is 3. The largest absolute Gasteiger partial charge is 0.376 e. The number of rotatable bonds is 5. The molecule has 4 rings (SSSR count). The Hall–Kier alpha value is -0.890. The number of likely N-dealkylation sites (tertiary alicyclic amines) is 1. The van der Waals surface area contributed by atoms with Gasteiger partial charge in [0.25, 0.3) is 0 Å². The molecule has 0 aromatic heterocycles. The Labute approximate surface area is 169 Å². The van der Waals surface area contributed by atoms with Crippen molar-refractivity contribution in [3.63, 3.8) is 0 Å². The summed E-state index contributed by atoms with van der Waals surface area (Å²) in [7, 11) is 1.88. The molecule has 0 saturated carbocycles. The van der Waals surface area contributed by atoms with E-state index in [4.69, 9.17) is 14.2 Å². The van der Waals surface area contributed by atoms with Crippen LogP contribution in [0.25, 0.3) is 0 Å². The van der Waals surface area contributed by atoms with Crippen molar-refractivity contribution in [3.8, 4) is 0 Å². The van der Waals surface area contributed by atoms with Crippen LogP contribution in [0.1, 0.15) is 44.9 Å². The lowest BCUT2D eigenvalue weighted by Crippen LogP contribution is -2.53. The molecule has 3 unspecified atom stereocenters. The van der Waals surface area contributed by atoms with Crippen molar-refractivity contribution in [2.24, 2.45) is 4.99 Å². The van der Waals surface area contributed by atoms with Crippen LogP contribution in [0.15, 0.2) is 4.99 Å². The Kier molecular flexibility index (Phi) is 7.45. The molecule has 0 aromatic rings. The van der Waals surface area contributed by atoms with Crippen molar-refractivity contribution in [1.82, 2.24) is 15.1 Å². The monoisotopic (exact) mass is 394 g/mol. The van der Waals surface area contributed by atoms with Crippen LogP contribution >= 0.6 is 0 Å². The standard InChI is InChI=1S/C21H38N4O3/c1-22-21(23-13-20-14-25-9-4-5-17(25)15-27-20)24-10-7-18(8-11-24)28-16-19-6-2-3-12-26-19/h17-20H,2-16H2,1H3,(H,22,23). The minimum atomic E-state index is 0.266. The third kappa shape index (κ3) is 5.38. The maximum Gasteiger partial charge on any atom is 0.193 e. The summed E-state index contributed by atoms with van der Waals surface area (Å²) in [5.41, 5.74) is 0. The second-order valence-corrected chi connectivity index (χ2v) is 8.68. The topological polar surface area (TPSA) is 58.6 Å². The van der Waals surface area contributed by atoms with Gasteiger partial charge < -0.3 is 24.4 Å². The number of hydrogen-bond donors (Lipinski definition) is 1. The Balaban J connectivity index is 1.14. The smallest absolute Gasteiger partial charge is 0.193 e. The van der Waals surface area contributed by atoms with Crippen molar-refractivity contribution >= 4 is 5.96 Å². The third-order valence-electron chi connectivity index (χ3n) is 6.69. The average molecular weight is 395 g/mol. The van der Waals surface area contributed by atoms with Crippen molar-refractivity contribution in [1.29, 1.82) is 0 Å². The molecule has 160 valence electrons. The Morgan fingerprint density at radius 2 is 1.93 bits per heavy atom. The lowest BCUT2D eigenvalue weighted by Gasteiger charge is -2.37. The molecule has 4 fully saturated rings. The summed E-state index contributed by atoms with van der Waals surface area (Å²) in [6, 6.07) is 0.661. The second-order valence-electron chi connectivity index (χ2n) is 8.68. The zero-order valence-corrected chi connectivity index (χ0v) is 17.5. The van der Waals surface area contributed by atoms with Gasteiger partial charge in [0.1, 0.15) is 0 Å². The number of morpholine rings is 1. The molecule has 3 atom stereocenters. The van der Waals surface area contributed by atoms with E-state index >= 15 is 0 Å². The van der Waals surface area contributed by atoms with E-state index in [9.17, 15) is 0 Å². The highest BCUT2D eigenvalue weighted by atomic mass is 16.5. The highest BCUT2D eigenvalue weighted by Gasteiger charge is 2.32. The van der Waals surface area contributed by atoms with Gasteiger partial charge in [-0.25, -0.2) is 0 Å². The average Bonchev–Trinajstić information content (AvgIpc) is 3.22. The predicted octanol–water partition coefficient (Wildman–Crippen LogP) is 1.48. The fourth-order valence-electron chi connectivity index (χ4n) is 4.96. The Bertz CT molecular complexity index is 504. The zero-order valence-electron chi connectivity index (χ0n) is 17.5. The molecular formula is C21H38N4O3. The molecule has 7 nitrogen and oxygen atoms in total. The zero-order chi connectivity index (χ0) is 19.2. The molecule has 1 N–H and O–H groups in total. The quantitative estimate of drug-likeness (QED) is 0.563. The van der Waals surface area contributed by atoms with Gasteiger partial charge in [0.2, 0.25) is 0 Å². The van der Waals surface area contributed by atoms with Crippen LogP contribution in [-0.2, 0) is 14.2 Å². The molecule has 0 bridgehead atoms. The number of aliphatic imine (C=N–C) groups is 1. The highest BCUT2D eigenvalue weighted by Crippen LogP contribution is 2.22. The van der Waals surface area contributed by atoms with Crippen LogP contribution in [0.2, 0.25) is 0 Å². The molecule has 0 aliphatic carbocycles. The lowest BCUT2D eigenvalue weighted by molar-refractivity contribution is -0.0722. The van der Waals surface area contributed by atoms with Crippen molar-refractivity contribution in [3.05, 3.63) is 0 Å². The number of ether oxygens (including phenoxy) is 3. The van der Waals surface area contributed by atoms with Gasteiger partial charge in [-0.05, 0) is 51.5 Å². The summed E-state index contributed by atoms with van der Waals surface area (Å²) in [6.45, 7) is 7.66. The minimum absolute atomic E-state index is 0.266. The van der Waals surface area contributed by atoms with Crippen molar-refractivity contribution in [2.45, 2.75) is 69.3 Å². The van der Waals surface area contributed by atoms with Crippen LogP contribution in [-0.4, -0.2) is 99.7 Å². The van der Waals surface area contributed by atoms with E-state index in [1.54, 1.807) is 0 Å². The molecule has 28 heavy (non-hydrogen) atoms. The predicted molar refractivity (Wildman–Crippen MR) is 110 cm³/mol. The van der Waals surface area contributed by atoms with E-state index < -0.39 is 0 Å². The molecule has 0 aromatic carbocycles. The van der Waals surface area contributed by atoms with Gasteiger partial charge in [0, 0.05) is 45.9 Å². The molecule has 0 amide bonds.